The lowest BCUT2D eigenvalue weighted by Crippen LogP contribution is -2.41. The molecule has 1 aliphatic rings. The van der Waals surface area contributed by atoms with Crippen LogP contribution in [0.15, 0.2) is 36.7 Å². The smallest absolute Gasteiger partial charge is 0.303 e. The second-order valence-electron chi connectivity index (χ2n) is 10.3. The van der Waals surface area contributed by atoms with Crippen molar-refractivity contribution in [3.8, 4) is 5.75 Å². The number of likely N-dealkylation sites (tertiary alicyclic amines) is 1. The molecule has 2 aromatic heterocycles. The van der Waals surface area contributed by atoms with E-state index in [-0.39, 0.29) is 6.42 Å². The average molecular weight is 493 g/mol. The molecule has 194 valence electrons. The van der Waals surface area contributed by atoms with Gasteiger partial charge in [0.25, 0.3) is 0 Å². The number of piperidine rings is 1. The monoisotopic (exact) mass is 492 g/mol. The molecule has 0 saturated carbocycles. The normalized spacial score (nSPS) is 18.5. The summed E-state index contributed by atoms with van der Waals surface area (Å²) in [6.45, 7) is 5.32. The molecule has 3 aromatic rings. The van der Waals surface area contributed by atoms with E-state index < -0.39 is 5.97 Å². The number of aromatic nitrogens is 3. The quantitative estimate of drug-likeness (QED) is 0.310. The Bertz CT molecular complexity index is 1130. The lowest BCUT2D eigenvalue weighted by molar-refractivity contribution is -0.137. The molecule has 4 rings (SSSR count). The van der Waals surface area contributed by atoms with Crippen LogP contribution in [-0.2, 0) is 17.6 Å². The number of aliphatic carboxylic acids is 1. The zero-order valence-electron chi connectivity index (χ0n) is 21.7. The molecule has 2 N–H and O–H groups in total. The predicted molar refractivity (Wildman–Crippen MR) is 142 cm³/mol. The van der Waals surface area contributed by atoms with Crippen molar-refractivity contribution in [1.29, 1.82) is 0 Å². The van der Waals surface area contributed by atoms with E-state index in [1.165, 1.54) is 28.6 Å². The number of carboxylic acid groups (broad SMARTS) is 1. The van der Waals surface area contributed by atoms with Crippen molar-refractivity contribution in [3.63, 3.8) is 0 Å². The number of carboxylic acids is 1. The summed E-state index contributed by atoms with van der Waals surface area (Å²) in [5, 5.41) is 17.6. The number of hydrogen-bond acceptors (Lipinski definition) is 5. The van der Waals surface area contributed by atoms with Crippen LogP contribution in [0.1, 0.15) is 61.8 Å². The van der Waals surface area contributed by atoms with Gasteiger partial charge in [0.15, 0.2) is 0 Å². The number of aryl methyl sites for hydroxylation is 3. The minimum atomic E-state index is -0.682. The second-order valence-corrected chi connectivity index (χ2v) is 10.3. The lowest BCUT2D eigenvalue weighted by Gasteiger charge is -2.39. The maximum atomic E-state index is 11.3. The number of hydrogen-bond donors (Lipinski definition) is 2. The maximum absolute atomic E-state index is 11.3. The van der Waals surface area contributed by atoms with Gasteiger partial charge in [-0.15, -0.1) is 0 Å². The van der Waals surface area contributed by atoms with E-state index in [2.05, 4.69) is 39.1 Å². The highest BCUT2D eigenvalue weighted by Crippen LogP contribution is 2.32. The first kappa shape index (κ1) is 26.1. The summed E-state index contributed by atoms with van der Waals surface area (Å²) in [4.78, 5) is 18.4. The molecule has 1 saturated heterocycles. The van der Waals surface area contributed by atoms with Gasteiger partial charge in [-0.25, -0.2) is 0 Å². The Balaban J connectivity index is 1.29. The topological polar surface area (TPSA) is 91.3 Å². The number of unbranched alkanes of at least 4 members (excludes halogenated alkanes) is 1. The molecule has 0 aliphatic carbocycles. The average Bonchev–Trinajstić information content (AvgIpc) is 3.30. The van der Waals surface area contributed by atoms with Crippen molar-refractivity contribution in [2.24, 2.45) is 11.8 Å². The van der Waals surface area contributed by atoms with Gasteiger partial charge in [0.2, 0.25) is 0 Å². The number of ether oxygens (including phenoxy) is 1. The number of fused-ring (bicyclic) bond motifs is 1. The van der Waals surface area contributed by atoms with E-state index in [0.29, 0.717) is 11.8 Å². The molecule has 1 fully saturated rings. The lowest BCUT2D eigenvalue weighted by atomic mass is 9.79. The Hall–Kier alpha value is -2.93. The third-order valence-corrected chi connectivity index (χ3v) is 7.87. The number of nitrogens with zero attached hydrogens (tertiary/aromatic N) is 3. The number of benzene rings is 1. The van der Waals surface area contributed by atoms with Gasteiger partial charge in [-0.1, -0.05) is 0 Å². The van der Waals surface area contributed by atoms with E-state index in [1.807, 2.05) is 24.5 Å². The first-order chi connectivity index (χ1) is 17.5. The van der Waals surface area contributed by atoms with Crippen LogP contribution >= 0.6 is 0 Å². The van der Waals surface area contributed by atoms with E-state index in [9.17, 15) is 9.90 Å². The Morgan fingerprint density at radius 3 is 2.78 bits per heavy atom. The molecular formula is C29H40N4O3. The summed E-state index contributed by atoms with van der Waals surface area (Å²) in [6.07, 6.45) is 12.7. The number of methoxy groups -OCH3 is 1. The fourth-order valence-corrected chi connectivity index (χ4v) is 5.74. The van der Waals surface area contributed by atoms with Gasteiger partial charge in [-0.05, 0) is 119 Å². The van der Waals surface area contributed by atoms with E-state index >= 15 is 0 Å². The highest BCUT2D eigenvalue weighted by Gasteiger charge is 2.29. The molecule has 0 spiro atoms. The second kappa shape index (κ2) is 12.9. The summed E-state index contributed by atoms with van der Waals surface area (Å²) in [5.74, 6) is 1.23. The Morgan fingerprint density at radius 2 is 2.00 bits per heavy atom. The molecule has 7 nitrogen and oxygen atoms in total. The fourth-order valence-electron chi connectivity index (χ4n) is 5.74. The number of H-pyrrole nitrogens is 1. The SMILES string of the molecule is COc1ccc2nccc(CCC[C@@H]3CCN(CCCCc4cn[nH]c4C)C[C@@H]3CCC(=O)O)c2c1. The molecule has 7 heteroatoms. The van der Waals surface area contributed by atoms with Gasteiger partial charge in [-0.2, -0.15) is 5.10 Å². The zero-order chi connectivity index (χ0) is 25.3. The third-order valence-electron chi connectivity index (χ3n) is 7.87. The van der Waals surface area contributed by atoms with Gasteiger partial charge < -0.3 is 14.7 Å². The van der Waals surface area contributed by atoms with Crippen LogP contribution in [0.4, 0.5) is 0 Å². The summed E-state index contributed by atoms with van der Waals surface area (Å²) in [6, 6.07) is 8.18. The first-order valence-electron chi connectivity index (χ1n) is 13.4. The maximum Gasteiger partial charge on any atom is 0.303 e. The van der Waals surface area contributed by atoms with Crippen LogP contribution in [0.5, 0.6) is 5.75 Å². The van der Waals surface area contributed by atoms with Crippen LogP contribution in [0.2, 0.25) is 0 Å². The van der Waals surface area contributed by atoms with Crippen LogP contribution in [0.3, 0.4) is 0 Å². The molecule has 1 aromatic carbocycles. The summed E-state index contributed by atoms with van der Waals surface area (Å²) in [7, 11) is 1.70. The summed E-state index contributed by atoms with van der Waals surface area (Å²) >= 11 is 0. The molecule has 0 amide bonds. The molecular weight excluding hydrogens is 452 g/mol. The zero-order valence-corrected chi connectivity index (χ0v) is 21.7. The highest BCUT2D eigenvalue weighted by atomic mass is 16.5. The minimum absolute atomic E-state index is 0.267. The predicted octanol–water partition coefficient (Wildman–Crippen LogP) is 5.42. The summed E-state index contributed by atoms with van der Waals surface area (Å²) in [5.41, 5.74) is 4.80. The van der Waals surface area contributed by atoms with Crippen molar-refractivity contribution in [2.75, 3.05) is 26.7 Å². The van der Waals surface area contributed by atoms with Crippen molar-refractivity contribution < 1.29 is 14.6 Å². The Kier molecular flexibility index (Phi) is 9.34. The molecule has 36 heavy (non-hydrogen) atoms. The molecule has 0 radical (unpaired) electrons. The van der Waals surface area contributed by atoms with Crippen molar-refractivity contribution in [3.05, 3.63) is 53.5 Å². The first-order valence-corrected chi connectivity index (χ1v) is 13.4. The van der Waals surface area contributed by atoms with E-state index in [4.69, 9.17) is 4.74 Å². The highest BCUT2D eigenvalue weighted by molar-refractivity contribution is 5.83. The Morgan fingerprint density at radius 1 is 1.14 bits per heavy atom. The largest absolute Gasteiger partial charge is 0.497 e. The van der Waals surface area contributed by atoms with E-state index in [1.54, 1.807) is 7.11 Å². The van der Waals surface area contributed by atoms with Crippen LogP contribution in [0, 0.1) is 18.8 Å². The van der Waals surface area contributed by atoms with Gasteiger partial charge >= 0.3 is 5.97 Å². The molecule has 0 bridgehead atoms. The molecule has 2 atom stereocenters. The van der Waals surface area contributed by atoms with Gasteiger partial charge in [0.1, 0.15) is 5.75 Å². The fraction of sp³-hybridized carbons (Fsp3) is 0.552. The van der Waals surface area contributed by atoms with Crippen molar-refractivity contribution >= 4 is 16.9 Å². The number of nitrogens with one attached hydrogen (secondary N) is 1. The third kappa shape index (κ3) is 7.06. The number of rotatable bonds is 13. The molecule has 0 unspecified atom stereocenters. The van der Waals surface area contributed by atoms with Crippen LogP contribution in [0.25, 0.3) is 10.9 Å². The van der Waals surface area contributed by atoms with E-state index in [0.717, 1.165) is 75.8 Å². The van der Waals surface area contributed by atoms with Crippen LogP contribution < -0.4 is 4.74 Å². The number of carbonyl (C=O) groups is 1. The van der Waals surface area contributed by atoms with Crippen molar-refractivity contribution in [2.45, 2.75) is 64.7 Å². The molecule has 1 aliphatic heterocycles. The minimum Gasteiger partial charge on any atom is -0.497 e. The van der Waals surface area contributed by atoms with Gasteiger partial charge in [-0.3, -0.25) is 14.9 Å². The standard InChI is InChI=1S/C29H40N4O3/c1-21-24(19-31-32-21)6-3-4-16-33-17-14-22(25(20-33)9-12-29(34)35)7-5-8-23-13-15-30-28-11-10-26(36-2)18-27(23)28/h10-11,13,15,18-19,22,25H,3-9,12,14,16-17,20H2,1-2H3,(H,31,32)(H,34,35)/t22-,25+/m1/s1. The number of aromatic amines is 1. The van der Waals surface area contributed by atoms with Crippen molar-refractivity contribution in [1.82, 2.24) is 20.1 Å². The Labute approximate surface area is 214 Å². The summed E-state index contributed by atoms with van der Waals surface area (Å²) < 4.78 is 5.42. The van der Waals surface area contributed by atoms with Gasteiger partial charge in [0, 0.05) is 30.2 Å². The number of pyridine rings is 1. The van der Waals surface area contributed by atoms with Gasteiger partial charge in [0.05, 0.1) is 18.8 Å². The molecule has 3 heterocycles. The van der Waals surface area contributed by atoms with Crippen LogP contribution in [-0.4, -0.2) is 57.9 Å².